The first kappa shape index (κ1) is 13.5. The number of nitrogens with zero attached hydrogens (tertiary/aromatic N) is 4. The number of aromatic nitrogens is 3. The highest BCUT2D eigenvalue weighted by Crippen LogP contribution is 2.32. The molecule has 0 saturated carbocycles. The topological polar surface area (TPSA) is 85.2 Å². The number of rotatable bonds is 2. The molecule has 0 N–H and O–H groups in total. The van der Waals surface area contributed by atoms with E-state index in [4.69, 9.17) is 0 Å². The largest absolute Gasteiger partial charge is 0.269 e. The third-order valence-electron chi connectivity index (χ3n) is 2.92. The van der Waals surface area contributed by atoms with E-state index in [0.717, 1.165) is 7.88 Å². The van der Waals surface area contributed by atoms with E-state index in [1.54, 1.807) is 19.3 Å². The van der Waals surface area contributed by atoms with Crippen molar-refractivity contribution < 1.29 is 13.2 Å². The fraction of sp³-hybridized carbons (Fsp3) is 0.182. The van der Waals surface area contributed by atoms with E-state index in [1.807, 2.05) is 22.6 Å². The molecule has 20 heavy (non-hydrogen) atoms. The number of hydrogen-bond donors (Lipinski definition) is 0. The number of hydrogen-bond acceptors (Lipinski definition) is 5. The summed E-state index contributed by atoms with van der Waals surface area (Å²) < 4.78 is 27.9. The van der Waals surface area contributed by atoms with Crippen LogP contribution in [0.25, 0.3) is 0 Å². The van der Waals surface area contributed by atoms with E-state index in [1.165, 1.54) is 16.8 Å². The van der Waals surface area contributed by atoms with Gasteiger partial charge < -0.3 is 0 Å². The molecule has 1 aromatic heterocycles. The van der Waals surface area contributed by atoms with Gasteiger partial charge in [-0.3, -0.25) is 9.48 Å². The lowest BCUT2D eigenvalue weighted by atomic mass is 10.2. The highest BCUT2D eigenvalue weighted by Gasteiger charge is 2.41. The van der Waals surface area contributed by atoms with Crippen molar-refractivity contribution in [2.75, 3.05) is 0 Å². The monoisotopic (exact) mass is 404 g/mol. The first-order chi connectivity index (χ1) is 9.39. The second-order valence-electron chi connectivity index (χ2n) is 4.34. The maximum atomic E-state index is 12.4. The summed E-state index contributed by atoms with van der Waals surface area (Å²) in [5, 5.41) is 7.54. The minimum atomic E-state index is -3.81. The first-order valence-electron chi connectivity index (χ1n) is 5.61. The van der Waals surface area contributed by atoms with Crippen LogP contribution in [0, 0.1) is 3.57 Å². The third kappa shape index (κ3) is 2.00. The standard InChI is InChI=1S/C11H9IN4O3S/c1-15-5-8(13-14-15)6-16-11(17)9-3-2-7(12)4-10(9)20(16,18)19/h2-5H,6H2,1H3. The van der Waals surface area contributed by atoms with Gasteiger partial charge in [0.15, 0.2) is 0 Å². The summed E-state index contributed by atoms with van der Waals surface area (Å²) in [5.41, 5.74) is 0.626. The van der Waals surface area contributed by atoms with Crippen LogP contribution in [0.5, 0.6) is 0 Å². The molecule has 0 spiro atoms. The van der Waals surface area contributed by atoms with Crippen LogP contribution in [0.15, 0.2) is 29.3 Å². The quantitative estimate of drug-likeness (QED) is 0.691. The van der Waals surface area contributed by atoms with Gasteiger partial charge in [0.1, 0.15) is 10.6 Å². The zero-order valence-electron chi connectivity index (χ0n) is 10.3. The van der Waals surface area contributed by atoms with Crippen LogP contribution in [0.1, 0.15) is 16.1 Å². The number of carbonyl (C=O) groups excluding carboxylic acids is 1. The van der Waals surface area contributed by atoms with Crippen molar-refractivity contribution in [3.8, 4) is 0 Å². The lowest BCUT2D eigenvalue weighted by Crippen LogP contribution is -2.29. The Morgan fingerprint density at radius 3 is 2.75 bits per heavy atom. The normalized spacial score (nSPS) is 16.5. The smallest absolute Gasteiger partial charge is 0.268 e. The van der Waals surface area contributed by atoms with Crippen LogP contribution in [0.4, 0.5) is 0 Å². The molecule has 1 aliphatic rings. The molecule has 0 fully saturated rings. The van der Waals surface area contributed by atoms with E-state index in [2.05, 4.69) is 10.3 Å². The van der Waals surface area contributed by atoms with Gasteiger partial charge in [-0.05, 0) is 40.8 Å². The van der Waals surface area contributed by atoms with Crippen LogP contribution >= 0.6 is 22.6 Å². The Hall–Kier alpha value is -1.49. The molecule has 1 amide bonds. The molecule has 7 nitrogen and oxygen atoms in total. The maximum Gasteiger partial charge on any atom is 0.269 e. The molecule has 0 radical (unpaired) electrons. The predicted octanol–water partition coefficient (Wildman–Crippen LogP) is 0.764. The summed E-state index contributed by atoms with van der Waals surface area (Å²) in [6.45, 7) is -0.111. The molecule has 2 aromatic rings. The molecule has 0 unspecified atom stereocenters. The van der Waals surface area contributed by atoms with Crippen molar-refractivity contribution >= 4 is 38.5 Å². The zero-order valence-corrected chi connectivity index (χ0v) is 13.3. The molecular weight excluding hydrogens is 395 g/mol. The number of aryl methyl sites for hydroxylation is 1. The fourth-order valence-corrected chi connectivity index (χ4v) is 4.29. The Morgan fingerprint density at radius 2 is 2.10 bits per heavy atom. The average Bonchev–Trinajstić information content (AvgIpc) is 2.86. The summed E-state index contributed by atoms with van der Waals surface area (Å²) >= 11 is 2.01. The number of carbonyl (C=O) groups is 1. The summed E-state index contributed by atoms with van der Waals surface area (Å²) in [6, 6.07) is 4.74. The number of fused-ring (bicyclic) bond motifs is 1. The van der Waals surface area contributed by atoms with Crippen molar-refractivity contribution in [3.63, 3.8) is 0 Å². The molecule has 3 rings (SSSR count). The molecule has 0 saturated heterocycles. The summed E-state index contributed by atoms with van der Waals surface area (Å²) in [7, 11) is -2.13. The molecule has 0 aliphatic carbocycles. The molecule has 0 bridgehead atoms. The number of sulfonamides is 1. The van der Waals surface area contributed by atoms with Gasteiger partial charge in [0.25, 0.3) is 15.9 Å². The highest BCUT2D eigenvalue weighted by molar-refractivity contribution is 14.1. The van der Waals surface area contributed by atoms with Gasteiger partial charge in [-0.25, -0.2) is 12.7 Å². The molecular formula is C11H9IN4O3S. The van der Waals surface area contributed by atoms with Gasteiger partial charge in [0.2, 0.25) is 0 Å². The van der Waals surface area contributed by atoms with E-state index >= 15 is 0 Å². The Bertz CT molecular complexity index is 815. The van der Waals surface area contributed by atoms with Crippen LogP contribution < -0.4 is 0 Å². The van der Waals surface area contributed by atoms with Gasteiger partial charge in [0, 0.05) is 16.8 Å². The summed E-state index contributed by atoms with van der Waals surface area (Å²) in [6.07, 6.45) is 1.58. The van der Waals surface area contributed by atoms with Crippen LogP contribution in [-0.2, 0) is 23.6 Å². The van der Waals surface area contributed by atoms with Crippen LogP contribution in [0.3, 0.4) is 0 Å². The second kappa shape index (κ2) is 4.52. The molecule has 2 heterocycles. The van der Waals surface area contributed by atoms with Gasteiger partial charge >= 0.3 is 0 Å². The SMILES string of the molecule is Cn1cc(CN2C(=O)c3ccc(I)cc3S2(=O)=O)nn1. The lowest BCUT2D eigenvalue weighted by Gasteiger charge is -2.12. The average molecular weight is 404 g/mol. The van der Waals surface area contributed by atoms with Gasteiger partial charge in [-0.1, -0.05) is 5.21 Å². The Kier molecular flexibility index (Phi) is 3.05. The Labute approximate surface area is 128 Å². The van der Waals surface area contributed by atoms with E-state index in [9.17, 15) is 13.2 Å². The minimum absolute atomic E-state index is 0.0540. The molecule has 104 valence electrons. The maximum absolute atomic E-state index is 12.4. The number of benzene rings is 1. The predicted molar refractivity (Wildman–Crippen MR) is 77.2 cm³/mol. The van der Waals surface area contributed by atoms with Crippen molar-refractivity contribution in [2.45, 2.75) is 11.4 Å². The number of halogens is 1. The van der Waals surface area contributed by atoms with Crippen LogP contribution in [-0.4, -0.2) is 33.6 Å². The third-order valence-corrected chi connectivity index (χ3v) is 5.36. The van der Waals surface area contributed by atoms with Crippen molar-refractivity contribution in [1.29, 1.82) is 0 Å². The number of amides is 1. The van der Waals surface area contributed by atoms with Crippen LogP contribution in [0.2, 0.25) is 0 Å². The second-order valence-corrected chi connectivity index (χ2v) is 7.42. The summed E-state index contributed by atoms with van der Waals surface area (Å²) in [5.74, 6) is -0.526. The molecule has 9 heteroatoms. The Morgan fingerprint density at radius 1 is 1.35 bits per heavy atom. The Balaban J connectivity index is 2.05. The van der Waals surface area contributed by atoms with Gasteiger partial charge in [-0.15, -0.1) is 5.10 Å². The molecule has 0 atom stereocenters. The van der Waals surface area contributed by atoms with Gasteiger partial charge in [-0.2, -0.15) is 0 Å². The van der Waals surface area contributed by atoms with Gasteiger partial charge in [0.05, 0.1) is 12.1 Å². The highest BCUT2D eigenvalue weighted by atomic mass is 127. The van der Waals surface area contributed by atoms with Crippen molar-refractivity contribution in [3.05, 3.63) is 39.2 Å². The zero-order chi connectivity index (χ0) is 14.5. The molecule has 1 aliphatic heterocycles. The van der Waals surface area contributed by atoms with Crippen molar-refractivity contribution in [1.82, 2.24) is 19.3 Å². The summed E-state index contributed by atoms with van der Waals surface area (Å²) in [4.78, 5) is 12.3. The minimum Gasteiger partial charge on any atom is -0.268 e. The van der Waals surface area contributed by atoms with E-state index in [-0.39, 0.29) is 17.0 Å². The van der Waals surface area contributed by atoms with E-state index in [0.29, 0.717) is 5.69 Å². The fourth-order valence-electron chi connectivity index (χ4n) is 2.02. The van der Waals surface area contributed by atoms with Crippen molar-refractivity contribution in [2.24, 2.45) is 7.05 Å². The first-order valence-corrected chi connectivity index (χ1v) is 8.13. The van der Waals surface area contributed by atoms with E-state index < -0.39 is 15.9 Å². The lowest BCUT2D eigenvalue weighted by molar-refractivity contribution is 0.0864. The molecule has 1 aromatic carbocycles.